The Morgan fingerprint density at radius 3 is 2.76 bits per heavy atom. The first kappa shape index (κ1) is 13.0. The van der Waals surface area contributed by atoms with Crippen LogP contribution in [0.1, 0.15) is 17.3 Å². The van der Waals surface area contributed by atoms with Gasteiger partial charge in [-0.25, -0.2) is 0 Å². The number of rotatable bonds is 3. The highest BCUT2D eigenvalue weighted by Crippen LogP contribution is 2.27. The second kappa shape index (κ2) is 5.49. The van der Waals surface area contributed by atoms with Crippen LogP contribution < -0.4 is 5.32 Å². The third-order valence-electron chi connectivity index (χ3n) is 2.59. The van der Waals surface area contributed by atoms with Crippen LogP contribution in [0, 0.1) is 3.57 Å². The summed E-state index contributed by atoms with van der Waals surface area (Å²) < 4.78 is 4.14. The number of hydrogen-bond acceptors (Lipinski definition) is 2. The highest BCUT2D eigenvalue weighted by Gasteiger charge is 2.17. The van der Waals surface area contributed by atoms with Crippen molar-refractivity contribution in [3.05, 3.63) is 49.8 Å². The molecule has 2 rings (SSSR count). The van der Waals surface area contributed by atoms with E-state index in [1.807, 2.05) is 31.0 Å². The second-order valence-corrected chi connectivity index (χ2v) is 5.88. The summed E-state index contributed by atoms with van der Waals surface area (Å²) >= 11 is 5.87. The Kier molecular flexibility index (Phi) is 4.22. The molecule has 0 saturated carbocycles. The SMILES string of the molecule is CNC(c1ccn(C)n1)c1cc(Br)ccc1I. The van der Waals surface area contributed by atoms with E-state index < -0.39 is 0 Å². The Morgan fingerprint density at radius 1 is 1.41 bits per heavy atom. The molecule has 0 aliphatic carbocycles. The van der Waals surface area contributed by atoms with Gasteiger partial charge in [-0.05, 0) is 59.5 Å². The summed E-state index contributed by atoms with van der Waals surface area (Å²) in [7, 11) is 3.89. The number of nitrogens with zero attached hydrogens (tertiary/aromatic N) is 2. The van der Waals surface area contributed by atoms with Crippen LogP contribution in [0.2, 0.25) is 0 Å². The van der Waals surface area contributed by atoms with Gasteiger partial charge in [-0.3, -0.25) is 4.68 Å². The van der Waals surface area contributed by atoms with E-state index in [-0.39, 0.29) is 6.04 Å². The minimum atomic E-state index is 0.126. The highest BCUT2D eigenvalue weighted by atomic mass is 127. The first-order valence-corrected chi connectivity index (χ1v) is 7.10. The van der Waals surface area contributed by atoms with E-state index >= 15 is 0 Å². The molecule has 0 spiro atoms. The molecule has 0 fully saturated rings. The Labute approximate surface area is 123 Å². The molecule has 1 aromatic heterocycles. The third-order valence-corrected chi connectivity index (χ3v) is 4.06. The Bertz CT molecular complexity index is 524. The van der Waals surface area contributed by atoms with Gasteiger partial charge in [0.25, 0.3) is 0 Å². The molecule has 0 amide bonds. The first-order chi connectivity index (χ1) is 8.11. The molecule has 3 nitrogen and oxygen atoms in total. The number of nitrogens with one attached hydrogen (secondary N) is 1. The topological polar surface area (TPSA) is 29.9 Å². The fraction of sp³-hybridized carbons (Fsp3) is 0.250. The zero-order chi connectivity index (χ0) is 12.4. The van der Waals surface area contributed by atoms with Crippen molar-refractivity contribution in [1.82, 2.24) is 15.1 Å². The molecule has 1 unspecified atom stereocenters. The van der Waals surface area contributed by atoms with Crippen LogP contribution in [0.4, 0.5) is 0 Å². The lowest BCUT2D eigenvalue weighted by Crippen LogP contribution is -2.19. The Morgan fingerprint density at radius 2 is 2.18 bits per heavy atom. The van der Waals surface area contributed by atoms with Gasteiger partial charge in [-0.1, -0.05) is 15.9 Å². The zero-order valence-electron chi connectivity index (χ0n) is 9.61. The molecule has 1 aromatic carbocycles. The zero-order valence-corrected chi connectivity index (χ0v) is 13.4. The van der Waals surface area contributed by atoms with Crippen LogP contribution in [0.25, 0.3) is 0 Å². The van der Waals surface area contributed by atoms with Crippen molar-refractivity contribution in [3.63, 3.8) is 0 Å². The monoisotopic (exact) mass is 405 g/mol. The van der Waals surface area contributed by atoms with Crippen LogP contribution >= 0.6 is 38.5 Å². The average molecular weight is 406 g/mol. The smallest absolute Gasteiger partial charge is 0.0839 e. The van der Waals surface area contributed by atoms with Gasteiger partial charge in [-0.2, -0.15) is 5.10 Å². The van der Waals surface area contributed by atoms with Gasteiger partial charge in [-0.15, -0.1) is 0 Å². The molecule has 1 heterocycles. The predicted molar refractivity (Wildman–Crippen MR) is 81.0 cm³/mol. The maximum atomic E-state index is 4.46. The van der Waals surface area contributed by atoms with E-state index in [1.54, 1.807) is 0 Å². The highest BCUT2D eigenvalue weighted by molar-refractivity contribution is 14.1. The molecule has 17 heavy (non-hydrogen) atoms. The lowest BCUT2D eigenvalue weighted by molar-refractivity contribution is 0.639. The number of hydrogen-bond donors (Lipinski definition) is 1. The Hall–Kier alpha value is -0.400. The lowest BCUT2D eigenvalue weighted by Gasteiger charge is -2.16. The van der Waals surface area contributed by atoms with Crippen molar-refractivity contribution in [2.45, 2.75) is 6.04 Å². The largest absolute Gasteiger partial charge is 0.308 e. The molecule has 0 bridgehead atoms. The summed E-state index contributed by atoms with van der Waals surface area (Å²) in [5.74, 6) is 0. The van der Waals surface area contributed by atoms with Crippen LogP contribution in [0.5, 0.6) is 0 Å². The molecule has 2 aromatic rings. The van der Waals surface area contributed by atoms with Gasteiger partial charge < -0.3 is 5.32 Å². The molecular weight excluding hydrogens is 393 g/mol. The normalized spacial score (nSPS) is 12.7. The van der Waals surface area contributed by atoms with E-state index in [4.69, 9.17) is 0 Å². The molecule has 1 atom stereocenters. The molecular formula is C12H13BrIN3. The molecule has 0 radical (unpaired) electrons. The minimum absolute atomic E-state index is 0.126. The van der Waals surface area contributed by atoms with E-state index in [1.165, 1.54) is 9.13 Å². The van der Waals surface area contributed by atoms with Crippen molar-refractivity contribution in [3.8, 4) is 0 Å². The fourth-order valence-corrected chi connectivity index (χ4v) is 2.81. The van der Waals surface area contributed by atoms with E-state index in [0.29, 0.717) is 0 Å². The number of aromatic nitrogens is 2. The summed E-state index contributed by atoms with van der Waals surface area (Å²) in [6.07, 6.45) is 1.96. The van der Waals surface area contributed by atoms with Crippen LogP contribution in [-0.2, 0) is 7.05 Å². The fourth-order valence-electron chi connectivity index (χ4n) is 1.79. The summed E-state index contributed by atoms with van der Waals surface area (Å²) in [6, 6.07) is 8.46. The van der Waals surface area contributed by atoms with E-state index in [0.717, 1.165) is 10.2 Å². The maximum absolute atomic E-state index is 4.46. The second-order valence-electron chi connectivity index (χ2n) is 3.80. The number of aryl methyl sites for hydroxylation is 1. The van der Waals surface area contributed by atoms with Gasteiger partial charge in [0, 0.05) is 21.3 Å². The Balaban J connectivity index is 2.45. The third kappa shape index (κ3) is 2.89. The summed E-state index contributed by atoms with van der Waals surface area (Å²) in [5, 5.41) is 7.78. The summed E-state index contributed by atoms with van der Waals surface area (Å²) in [6.45, 7) is 0. The van der Waals surface area contributed by atoms with Gasteiger partial charge >= 0.3 is 0 Å². The standard InChI is InChI=1S/C12H13BrIN3/c1-15-12(11-5-6-17(2)16-11)9-7-8(13)3-4-10(9)14/h3-7,12,15H,1-2H3. The first-order valence-electron chi connectivity index (χ1n) is 5.23. The van der Waals surface area contributed by atoms with Crippen LogP contribution in [-0.4, -0.2) is 16.8 Å². The molecule has 5 heteroatoms. The van der Waals surface area contributed by atoms with Crippen LogP contribution in [0.15, 0.2) is 34.9 Å². The van der Waals surface area contributed by atoms with Crippen LogP contribution in [0.3, 0.4) is 0 Å². The van der Waals surface area contributed by atoms with E-state index in [9.17, 15) is 0 Å². The van der Waals surface area contributed by atoms with Crippen molar-refractivity contribution < 1.29 is 0 Å². The summed E-state index contributed by atoms with van der Waals surface area (Å²) in [4.78, 5) is 0. The molecule has 1 N–H and O–H groups in total. The lowest BCUT2D eigenvalue weighted by atomic mass is 10.0. The average Bonchev–Trinajstić information content (AvgIpc) is 2.71. The van der Waals surface area contributed by atoms with Crippen molar-refractivity contribution in [2.75, 3.05) is 7.05 Å². The van der Waals surface area contributed by atoms with Gasteiger partial charge in [0.1, 0.15) is 0 Å². The quantitative estimate of drug-likeness (QED) is 0.795. The minimum Gasteiger partial charge on any atom is -0.308 e. The van der Waals surface area contributed by atoms with Gasteiger partial charge in [0.05, 0.1) is 11.7 Å². The molecule has 0 saturated heterocycles. The van der Waals surface area contributed by atoms with Gasteiger partial charge in [0.2, 0.25) is 0 Å². The number of benzene rings is 1. The van der Waals surface area contributed by atoms with Crippen molar-refractivity contribution in [2.24, 2.45) is 7.05 Å². The molecule has 0 aliphatic heterocycles. The predicted octanol–water partition coefficient (Wildman–Crippen LogP) is 3.10. The van der Waals surface area contributed by atoms with E-state index in [2.05, 4.69) is 67.1 Å². The van der Waals surface area contributed by atoms with Crippen molar-refractivity contribution in [1.29, 1.82) is 0 Å². The summed E-state index contributed by atoms with van der Waals surface area (Å²) in [5.41, 5.74) is 2.27. The maximum Gasteiger partial charge on any atom is 0.0839 e. The van der Waals surface area contributed by atoms with Gasteiger partial charge in [0.15, 0.2) is 0 Å². The molecule has 90 valence electrons. The van der Waals surface area contributed by atoms with Crippen molar-refractivity contribution >= 4 is 38.5 Å². The molecule has 0 aliphatic rings. The number of halogens is 2.